The molecule has 3 aliphatic rings. The van der Waals surface area contributed by atoms with E-state index >= 15 is 0 Å². The van der Waals surface area contributed by atoms with Crippen molar-refractivity contribution >= 4 is 27.8 Å². The van der Waals surface area contributed by atoms with Crippen LogP contribution in [0.1, 0.15) is 71.8 Å². The molecule has 0 amide bonds. The molecule has 2 heterocycles. The minimum atomic E-state index is -3.64. The first-order valence-electron chi connectivity index (χ1n) is 14.7. The summed E-state index contributed by atoms with van der Waals surface area (Å²) < 4.78 is 41.6. The largest absolute Gasteiger partial charge is 0.461 e. The van der Waals surface area contributed by atoms with Crippen molar-refractivity contribution in [3.63, 3.8) is 0 Å². The molecule has 1 saturated heterocycles. The van der Waals surface area contributed by atoms with Gasteiger partial charge in [0.15, 0.2) is 11.0 Å². The second-order valence-electron chi connectivity index (χ2n) is 11.8. The van der Waals surface area contributed by atoms with Crippen LogP contribution in [0.5, 0.6) is 0 Å². The van der Waals surface area contributed by atoms with Gasteiger partial charge in [-0.05, 0) is 55.6 Å². The fourth-order valence-electron chi connectivity index (χ4n) is 6.37. The number of hydrogen-bond acceptors (Lipinski definition) is 8. The summed E-state index contributed by atoms with van der Waals surface area (Å²) in [6.07, 6.45) is 7.43. The SMILES string of the molecule is CC(C)[C@@H]1CC[C@@H](C)C[C@H]1OC(=O)CSc1nnc(-c2cccc(S(=O)(=O)N3CCOCC3)c2)n1C1CCCC1. The average Bonchev–Trinajstić information content (AvgIpc) is 3.62. The summed E-state index contributed by atoms with van der Waals surface area (Å²) in [4.78, 5) is 13.2. The van der Waals surface area contributed by atoms with E-state index in [1.165, 1.54) is 22.5 Å². The lowest BCUT2D eigenvalue weighted by atomic mass is 9.75. The first-order valence-corrected chi connectivity index (χ1v) is 17.1. The average molecular weight is 591 g/mol. The minimum Gasteiger partial charge on any atom is -0.461 e. The Bertz CT molecular complexity index is 1270. The highest BCUT2D eigenvalue weighted by Gasteiger charge is 2.34. The standard InChI is InChI=1S/C29H42N4O5S2/c1-20(2)25-12-11-21(3)17-26(25)38-27(34)19-39-29-31-30-28(33(29)23-8-4-5-9-23)22-7-6-10-24(18-22)40(35,36)32-13-15-37-16-14-32/h6-7,10,18,20-21,23,25-26H,4-5,8-9,11-17,19H2,1-3H3/t21-,25+,26-/m1/s1. The molecule has 11 heteroatoms. The zero-order chi connectivity index (χ0) is 28.3. The van der Waals surface area contributed by atoms with Crippen molar-refractivity contribution in [1.29, 1.82) is 0 Å². The third-order valence-electron chi connectivity index (χ3n) is 8.62. The molecule has 0 spiro atoms. The first-order chi connectivity index (χ1) is 19.2. The summed E-state index contributed by atoms with van der Waals surface area (Å²) in [5.74, 6) is 2.05. The van der Waals surface area contributed by atoms with Crippen LogP contribution in [0.4, 0.5) is 0 Å². The number of aromatic nitrogens is 3. The van der Waals surface area contributed by atoms with Gasteiger partial charge in [0.05, 0.1) is 23.9 Å². The molecule has 1 aliphatic heterocycles. The van der Waals surface area contributed by atoms with Crippen molar-refractivity contribution in [2.45, 2.75) is 87.9 Å². The van der Waals surface area contributed by atoms with E-state index in [0.717, 1.165) is 38.5 Å². The number of nitrogens with zero attached hydrogens (tertiary/aromatic N) is 4. The second-order valence-corrected chi connectivity index (χ2v) is 14.7. The normalized spacial score (nSPS) is 24.9. The summed E-state index contributed by atoms with van der Waals surface area (Å²) in [7, 11) is -3.64. The van der Waals surface area contributed by atoms with E-state index < -0.39 is 10.0 Å². The van der Waals surface area contributed by atoms with Gasteiger partial charge in [-0.1, -0.05) is 63.9 Å². The Balaban J connectivity index is 1.35. The molecule has 40 heavy (non-hydrogen) atoms. The van der Waals surface area contributed by atoms with E-state index in [0.29, 0.717) is 60.6 Å². The van der Waals surface area contributed by atoms with Gasteiger partial charge in [0, 0.05) is 24.7 Å². The predicted octanol–water partition coefficient (Wildman–Crippen LogP) is 5.18. The number of ether oxygens (including phenoxy) is 2. The zero-order valence-corrected chi connectivity index (χ0v) is 25.5. The van der Waals surface area contributed by atoms with E-state index in [9.17, 15) is 13.2 Å². The quantitative estimate of drug-likeness (QED) is 0.291. The van der Waals surface area contributed by atoms with Gasteiger partial charge in [0.1, 0.15) is 6.10 Å². The molecule has 2 aliphatic carbocycles. The number of morpholine rings is 1. The highest BCUT2D eigenvalue weighted by Crippen LogP contribution is 2.38. The molecule has 2 saturated carbocycles. The number of rotatable bonds is 9. The highest BCUT2D eigenvalue weighted by molar-refractivity contribution is 7.99. The van der Waals surface area contributed by atoms with E-state index in [4.69, 9.17) is 9.47 Å². The lowest BCUT2D eigenvalue weighted by molar-refractivity contribution is -0.152. The van der Waals surface area contributed by atoms with E-state index in [1.807, 2.05) is 6.07 Å². The third kappa shape index (κ3) is 6.58. The number of hydrogen-bond donors (Lipinski definition) is 0. The summed E-state index contributed by atoms with van der Waals surface area (Å²) in [5.41, 5.74) is 0.708. The Labute approximate surface area is 242 Å². The van der Waals surface area contributed by atoms with Gasteiger partial charge in [0.2, 0.25) is 10.0 Å². The molecular formula is C29H42N4O5S2. The van der Waals surface area contributed by atoms with Crippen molar-refractivity contribution in [1.82, 2.24) is 19.1 Å². The van der Waals surface area contributed by atoms with Crippen molar-refractivity contribution in [3.8, 4) is 11.4 Å². The summed E-state index contributed by atoms with van der Waals surface area (Å²) in [6.45, 7) is 8.15. The highest BCUT2D eigenvalue weighted by atomic mass is 32.2. The van der Waals surface area contributed by atoms with Crippen LogP contribution in [0, 0.1) is 17.8 Å². The van der Waals surface area contributed by atoms with Gasteiger partial charge in [-0.3, -0.25) is 9.36 Å². The van der Waals surface area contributed by atoms with Crippen LogP contribution in [-0.4, -0.2) is 71.6 Å². The predicted molar refractivity (Wildman–Crippen MR) is 154 cm³/mol. The van der Waals surface area contributed by atoms with Crippen molar-refractivity contribution < 1.29 is 22.7 Å². The van der Waals surface area contributed by atoms with Gasteiger partial charge in [-0.15, -0.1) is 10.2 Å². The molecule has 9 nitrogen and oxygen atoms in total. The maximum Gasteiger partial charge on any atom is 0.316 e. The number of sulfonamides is 1. The maximum atomic E-state index is 13.3. The van der Waals surface area contributed by atoms with Crippen LogP contribution in [0.25, 0.3) is 11.4 Å². The Morgan fingerprint density at radius 1 is 1.12 bits per heavy atom. The van der Waals surface area contributed by atoms with E-state index in [2.05, 4.69) is 35.5 Å². The van der Waals surface area contributed by atoms with Gasteiger partial charge >= 0.3 is 5.97 Å². The molecule has 3 atom stereocenters. The molecule has 1 aromatic carbocycles. The number of carbonyl (C=O) groups is 1. The molecule has 220 valence electrons. The lowest BCUT2D eigenvalue weighted by Crippen LogP contribution is -2.40. The molecule has 0 radical (unpaired) electrons. The summed E-state index contributed by atoms with van der Waals surface area (Å²) >= 11 is 1.36. The Kier molecular flexibility index (Phi) is 9.54. The Hall–Kier alpha value is -1.95. The molecule has 3 fully saturated rings. The Morgan fingerprint density at radius 3 is 2.60 bits per heavy atom. The summed E-state index contributed by atoms with van der Waals surface area (Å²) in [5, 5.41) is 9.68. The van der Waals surface area contributed by atoms with Crippen LogP contribution in [-0.2, 0) is 24.3 Å². The molecule has 1 aromatic heterocycles. The van der Waals surface area contributed by atoms with Gasteiger partial charge in [-0.2, -0.15) is 4.31 Å². The first kappa shape index (κ1) is 29.5. The van der Waals surface area contributed by atoms with Gasteiger partial charge in [-0.25, -0.2) is 8.42 Å². The number of esters is 1. The Morgan fingerprint density at radius 2 is 1.88 bits per heavy atom. The van der Waals surface area contributed by atoms with Crippen LogP contribution in [0.3, 0.4) is 0 Å². The monoisotopic (exact) mass is 590 g/mol. The third-order valence-corrected chi connectivity index (χ3v) is 11.4. The smallest absolute Gasteiger partial charge is 0.316 e. The second kappa shape index (κ2) is 12.9. The molecule has 5 rings (SSSR count). The van der Waals surface area contributed by atoms with Crippen molar-refractivity contribution in [3.05, 3.63) is 24.3 Å². The van der Waals surface area contributed by atoms with Crippen LogP contribution >= 0.6 is 11.8 Å². The molecule has 0 bridgehead atoms. The summed E-state index contributed by atoms with van der Waals surface area (Å²) in [6, 6.07) is 7.18. The van der Waals surface area contributed by atoms with Gasteiger partial charge in [0.25, 0.3) is 0 Å². The number of carbonyl (C=O) groups excluding carboxylic acids is 1. The number of thioether (sulfide) groups is 1. The van der Waals surface area contributed by atoms with Crippen LogP contribution < -0.4 is 0 Å². The lowest BCUT2D eigenvalue weighted by Gasteiger charge is -2.36. The van der Waals surface area contributed by atoms with Crippen molar-refractivity contribution in [2.24, 2.45) is 17.8 Å². The fourth-order valence-corrected chi connectivity index (χ4v) is 8.61. The van der Waals surface area contributed by atoms with E-state index in [1.54, 1.807) is 18.2 Å². The zero-order valence-electron chi connectivity index (χ0n) is 23.8. The number of benzene rings is 1. The maximum absolute atomic E-state index is 13.3. The molecule has 0 N–H and O–H groups in total. The molecular weight excluding hydrogens is 548 g/mol. The van der Waals surface area contributed by atoms with E-state index in [-0.39, 0.29) is 28.8 Å². The topological polar surface area (TPSA) is 104 Å². The minimum absolute atomic E-state index is 0.0312. The van der Waals surface area contributed by atoms with Crippen LogP contribution in [0.2, 0.25) is 0 Å². The molecule has 0 unspecified atom stereocenters. The fraction of sp³-hybridized carbons (Fsp3) is 0.690. The van der Waals surface area contributed by atoms with Crippen LogP contribution in [0.15, 0.2) is 34.3 Å². The molecule has 2 aromatic rings. The van der Waals surface area contributed by atoms with Gasteiger partial charge < -0.3 is 9.47 Å². The van der Waals surface area contributed by atoms with Crippen molar-refractivity contribution in [2.75, 3.05) is 32.1 Å².